The molecule has 19 heavy (non-hydrogen) atoms. The molecule has 0 saturated carbocycles. The van der Waals surface area contributed by atoms with E-state index in [0.717, 1.165) is 18.9 Å². The van der Waals surface area contributed by atoms with Crippen LogP contribution in [0.1, 0.15) is 45.1 Å². The summed E-state index contributed by atoms with van der Waals surface area (Å²) in [6.45, 7) is 5.65. The van der Waals surface area contributed by atoms with E-state index in [9.17, 15) is 0 Å². The third-order valence-electron chi connectivity index (χ3n) is 3.75. The Morgan fingerprint density at radius 2 is 1.89 bits per heavy atom. The molecule has 0 aliphatic heterocycles. The van der Waals surface area contributed by atoms with Gasteiger partial charge in [-0.05, 0) is 30.9 Å². The molecule has 2 heteroatoms. The number of benzene rings is 1. The monoisotopic (exact) mass is 281 g/mol. The fourth-order valence-corrected chi connectivity index (χ4v) is 2.57. The molecule has 0 radical (unpaired) electrons. The third kappa shape index (κ3) is 6.98. The first kappa shape index (κ1) is 16.5. The lowest BCUT2D eigenvalue weighted by molar-refractivity contribution is 0.395. The molecular weight excluding hydrogens is 254 g/mol. The van der Waals surface area contributed by atoms with E-state index in [1.807, 2.05) is 0 Å². The first-order valence-electron chi connectivity index (χ1n) is 7.63. The fraction of sp³-hybridized carbons (Fsp3) is 0.647. The van der Waals surface area contributed by atoms with Crippen molar-refractivity contribution in [2.24, 2.45) is 5.92 Å². The Morgan fingerprint density at radius 1 is 1.16 bits per heavy atom. The van der Waals surface area contributed by atoms with Crippen molar-refractivity contribution >= 4 is 11.6 Å². The predicted octanol–water partition coefficient (Wildman–Crippen LogP) is 4.64. The van der Waals surface area contributed by atoms with Gasteiger partial charge in [0.05, 0.1) is 0 Å². The number of rotatable bonds is 10. The maximum atomic E-state index is 6.09. The van der Waals surface area contributed by atoms with Crippen molar-refractivity contribution < 1.29 is 0 Å². The lowest BCUT2D eigenvalue weighted by Crippen LogP contribution is -2.36. The van der Waals surface area contributed by atoms with Crippen LogP contribution in [0.25, 0.3) is 0 Å². The van der Waals surface area contributed by atoms with Crippen LogP contribution in [0.5, 0.6) is 0 Å². The second kappa shape index (κ2) is 10.3. The lowest BCUT2D eigenvalue weighted by Gasteiger charge is -2.21. The number of hydrogen-bond acceptors (Lipinski definition) is 1. The van der Waals surface area contributed by atoms with Gasteiger partial charge in [0.1, 0.15) is 0 Å². The van der Waals surface area contributed by atoms with Crippen molar-refractivity contribution in [1.29, 1.82) is 0 Å². The molecule has 0 aliphatic carbocycles. The molecule has 1 aromatic carbocycles. The molecule has 1 nitrogen and oxygen atoms in total. The molecule has 2 unspecified atom stereocenters. The lowest BCUT2D eigenvalue weighted by atomic mass is 9.98. The zero-order valence-electron chi connectivity index (χ0n) is 12.4. The van der Waals surface area contributed by atoms with Crippen LogP contribution in [0.4, 0.5) is 0 Å². The Balaban J connectivity index is 2.35. The molecule has 1 aromatic rings. The molecule has 0 fully saturated rings. The summed E-state index contributed by atoms with van der Waals surface area (Å²) in [7, 11) is 0. The average Bonchev–Trinajstić information content (AvgIpc) is 2.47. The Kier molecular flexibility index (Phi) is 8.94. The molecular formula is C17H28ClN. The van der Waals surface area contributed by atoms with E-state index in [2.05, 4.69) is 49.5 Å². The predicted molar refractivity (Wildman–Crippen MR) is 86.0 cm³/mol. The van der Waals surface area contributed by atoms with Crippen molar-refractivity contribution in [3.05, 3.63) is 35.9 Å². The summed E-state index contributed by atoms with van der Waals surface area (Å²) in [5, 5.41) is 3.65. The van der Waals surface area contributed by atoms with Gasteiger partial charge in [-0.1, -0.05) is 63.4 Å². The molecule has 0 amide bonds. The van der Waals surface area contributed by atoms with Crippen LogP contribution in [0.15, 0.2) is 30.3 Å². The topological polar surface area (TPSA) is 12.0 Å². The first-order valence-corrected chi connectivity index (χ1v) is 8.16. The second-order valence-corrected chi connectivity index (χ2v) is 5.67. The molecule has 0 aliphatic rings. The van der Waals surface area contributed by atoms with Crippen molar-refractivity contribution in [2.75, 3.05) is 12.4 Å². The van der Waals surface area contributed by atoms with Gasteiger partial charge in [0.2, 0.25) is 0 Å². The van der Waals surface area contributed by atoms with Crippen molar-refractivity contribution in [2.45, 2.75) is 52.0 Å². The third-order valence-corrected chi connectivity index (χ3v) is 4.12. The molecule has 1 N–H and O–H groups in total. The van der Waals surface area contributed by atoms with E-state index >= 15 is 0 Å². The molecule has 0 aromatic heterocycles. The van der Waals surface area contributed by atoms with Crippen LogP contribution in [0, 0.1) is 5.92 Å². The Hall–Kier alpha value is -0.530. The largest absolute Gasteiger partial charge is 0.312 e. The van der Waals surface area contributed by atoms with E-state index in [1.165, 1.54) is 31.2 Å². The SMILES string of the molecule is CCCCC(CC)CNC(CCl)Cc1ccccc1. The number of alkyl halides is 1. The van der Waals surface area contributed by atoms with Crippen LogP contribution in [-0.4, -0.2) is 18.5 Å². The minimum Gasteiger partial charge on any atom is -0.312 e. The summed E-state index contributed by atoms with van der Waals surface area (Å²) in [5.74, 6) is 1.47. The van der Waals surface area contributed by atoms with E-state index in [1.54, 1.807) is 0 Å². The molecule has 0 heterocycles. The van der Waals surface area contributed by atoms with Gasteiger partial charge in [0, 0.05) is 11.9 Å². The summed E-state index contributed by atoms with van der Waals surface area (Å²) >= 11 is 6.09. The van der Waals surface area contributed by atoms with E-state index in [0.29, 0.717) is 11.9 Å². The molecule has 0 saturated heterocycles. The van der Waals surface area contributed by atoms with Gasteiger partial charge in [-0.25, -0.2) is 0 Å². The van der Waals surface area contributed by atoms with E-state index in [4.69, 9.17) is 11.6 Å². The summed E-state index contributed by atoms with van der Waals surface area (Å²) in [6, 6.07) is 11.0. The number of nitrogens with one attached hydrogen (secondary N) is 1. The van der Waals surface area contributed by atoms with Gasteiger partial charge in [-0.15, -0.1) is 11.6 Å². The van der Waals surface area contributed by atoms with Crippen LogP contribution in [0.3, 0.4) is 0 Å². The quantitative estimate of drug-likeness (QED) is 0.616. The fourth-order valence-electron chi connectivity index (χ4n) is 2.36. The zero-order valence-corrected chi connectivity index (χ0v) is 13.1. The second-order valence-electron chi connectivity index (χ2n) is 5.37. The van der Waals surface area contributed by atoms with Gasteiger partial charge >= 0.3 is 0 Å². The Morgan fingerprint density at radius 3 is 2.47 bits per heavy atom. The molecule has 2 atom stereocenters. The van der Waals surface area contributed by atoms with E-state index in [-0.39, 0.29) is 0 Å². The van der Waals surface area contributed by atoms with Gasteiger partial charge in [-0.2, -0.15) is 0 Å². The number of unbranched alkanes of at least 4 members (excludes halogenated alkanes) is 1. The van der Waals surface area contributed by atoms with Crippen molar-refractivity contribution in [1.82, 2.24) is 5.32 Å². The standard InChI is InChI=1S/C17H28ClN/c1-3-5-9-15(4-2)14-19-17(13-18)12-16-10-7-6-8-11-16/h6-8,10-11,15,17,19H,3-5,9,12-14H2,1-2H3. The molecule has 1 rings (SSSR count). The Labute approximate surface area is 123 Å². The highest BCUT2D eigenvalue weighted by atomic mass is 35.5. The number of halogens is 1. The normalized spacial score (nSPS) is 14.3. The zero-order chi connectivity index (χ0) is 13.9. The first-order chi connectivity index (χ1) is 9.30. The maximum absolute atomic E-state index is 6.09. The van der Waals surface area contributed by atoms with Gasteiger partial charge in [0.15, 0.2) is 0 Å². The highest BCUT2D eigenvalue weighted by Crippen LogP contribution is 2.12. The smallest absolute Gasteiger partial charge is 0.0380 e. The van der Waals surface area contributed by atoms with E-state index < -0.39 is 0 Å². The highest BCUT2D eigenvalue weighted by molar-refractivity contribution is 6.18. The minimum absolute atomic E-state index is 0.389. The van der Waals surface area contributed by atoms with Crippen LogP contribution in [-0.2, 0) is 6.42 Å². The molecule has 0 spiro atoms. The molecule has 108 valence electrons. The van der Waals surface area contributed by atoms with Crippen molar-refractivity contribution in [3.8, 4) is 0 Å². The average molecular weight is 282 g/mol. The highest BCUT2D eigenvalue weighted by Gasteiger charge is 2.11. The van der Waals surface area contributed by atoms with Crippen LogP contribution < -0.4 is 5.32 Å². The summed E-state index contributed by atoms with van der Waals surface area (Å²) in [4.78, 5) is 0. The van der Waals surface area contributed by atoms with Gasteiger partial charge in [-0.3, -0.25) is 0 Å². The van der Waals surface area contributed by atoms with Gasteiger partial charge in [0.25, 0.3) is 0 Å². The van der Waals surface area contributed by atoms with Crippen LogP contribution >= 0.6 is 11.6 Å². The van der Waals surface area contributed by atoms with Crippen molar-refractivity contribution in [3.63, 3.8) is 0 Å². The Bertz CT molecular complexity index is 312. The maximum Gasteiger partial charge on any atom is 0.0380 e. The molecule has 0 bridgehead atoms. The summed E-state index contributed by atoms with van der Waals surface area (Å²) in [5.41, 5.74) is 1.36. The number of hydrogen-bond donors (Lipinski definition) is 1. The van der Waals surface area contributed by atoms with Crippen LogP contribution in [0.2, 0.25) is 0 Å². The van der Waals surface area contributed by atoms with Gasteiger partial charge < -0.3 is 5.32 Å². The summed E-state index contributed by atoms with van der Waals surface area (Å²) < 4.78 is 0. The summed E-state index contributed by atoms with van der Waals surface area (Å²) in [6.07, 6.45) is 6.24. The minimum atomic E-state index is 0.389.